The molecule has 0 aromatic carbocycles. The van der Waals surface area contributed by atoms with E-state index in [9.17, 15) is 4.79 Å². The van der Waals surface area contributed by atoms with Crippen LogP contribution in [0.1, 0.15) is 49.4 Å². The molecule has 1 amide bonds. The van der Waals surface area contributed by atoms with Crippen LogP contribution < -0.4 is 5.32 Å². The van der Waals surface area contributed by atoms with E-state index in [1.165, 1.54) is 25.7 Å². The summed E-state index contributed by atoms with van der Waals surface area (Å²) in [6.07, 6.45) is 8.23. The Morgan fingerprint density at radius 3 is 3.00 bits per heavy atom. The van der Waals surface area contributed by atoms with E-state index in [-0.39, 0.29) is 5.91 Å². The van der Waals surface area contributed by atoms with Gasteiger partial charge < -0.3 is 5.32 Å². The molecule has 104 valence electrons. The van der Waals surface area contributed by atoms with Crippen LogP contribution in [0, 0.1) is 5.92 Å². The summed E-state index contributed by atoms with van der Waals surface area (Å²) in [4.78, 5) is 16.3. The van der Waals surface area contributed by atoms with Crippen LogP contribution in [0.2, 0.25) is 0 Å². The van der Waals surface area contributed by atoms with Gasteiger partial charge in [0.25, 0.3) is 5.91 Å². The molecular formula is C15H22N2OS. The van der Waals surface area contributed by atoms with E-state index < -0.39 is 0 Å². The number of hydrogen-bond acceptors (Lipinski definition) is 3. The van der Waals surface area contributed by atoms with Gasteiger partial charge in [0, 0.05) is 18.3 Å². The molecule has 4 heteroatoms. The van der Waals surface area contributed by atoms with E-state index in [4.69, 9.17) is 0 Å². The number of pyridine rings is 1. The smallest absolute Gasteiger partial charge is 0.251 e. The number of carbonyl (C=O) groups is 1. The molecule has 0 saturated heterocycles. The summed E-state index contributed by atoms with van der Waals surface area (Å²) in [5.41, 5.74) is 0.720. The minimum Gasteiger partial charge on any atom is -0.352 e. The average Bonchev–Trinajstić information content (AvgIpc) is 2.92. The number of thioether (sulfide) groups is 1. The summed E-state index contributed by atoms with van der Waals surface area (Å²) in [6, 6.07) is 3.66. The van der Waals surface area contributed by atoms with Gasteiger partial charge in [-0.25, -0.2) is 4.98 Å². The SMILES string of the molecule is CCSc1cc(C(=O)NCCC2CCCC2)ccn1. The lowest BCUT2D eigenvalue weighted by Gasteiger charge is -2.10. The van der Waals surface area contributed by atoms with Crippen molar-refractivity contribution in [3.05, 3.63) is 23.9 Å². The second kappa shape index (κ2) is 7.53. The lowest BCUT2D eigenvalue weighted by molar-refractivity contribution is 0.0951. The number of nitrogens with zero attached hydrogens (tertiary/aromatic N) is 1. The highest BCUT2D eigenvalue weighted by atomic mass is 32.2. The second-order valence-corrected chi connectivity index (χ2v) is 6.30. The number of amides is 1. The standard InChI is InChI=1S/C15H22N2OS/c1-2-19-14-11-13(8-10-16-14)15(18)17-9-7-12-5-3-4-6-12/h8,10-12H,2-7,9H2,1H3,(H,17,18). The number of carbonyl (C=O) groups excluding carboxylic acids is 1. The fourth-order valence-corrected chi connectivity index (χ4v) is 3.21. The molecule has 1 saturated carbocycles. The highest BCUT2D eigenvalue weighted by Gasteiger charge is 2.15. The van der Waals surface area contributed by atoms with Crippen LogP contribution in [-0.2, 0) is 0 Å². The van der Waals surface area contributed by atoms with Crippen LogP contribution in [0.4, 0.5) is 0 Å². The molecule has 0 spiro atoms. The Labute approximate surface area is 119 Å². The predicted octanol–water partition coefficient (Wildman–Crippen LogP) is 3.50. The van der Waals surface area contributed by atoms with Gasteiger partial charge in [0.2, 0.25) is 0 Å². The third-order valence-electron chi connectivity index (χ3n) is 3.60. The summed E-state index contributed by atoms with van der Waals surface area (Å²) < 4.78 is 0. The zero-order valence-electron chi connectivity index (χ0n) is 11.5. The molecular weight excluding hydrogens is 256 g/mol. The number of hydrogen-bond donors (Lipinski definition) is 1. The summed E-state index contributed by atoms with van der Waals surface area (Å²) in [7, 11) is 0. The summed E-state index contributed by atoms with van der Waals surface area (Å²) >= 11 is 1.66. The maximum absolute atomic E-state index is 12.0. The molecule has 1 aliphatic carbocycles. The van der Waals surface area contributed by atoms with E-state index in [1.54, 1.807) is 24.0 Å². The maximum atomic E-state index is 12.0. The van der Waals surface area contributed by atoms with E-state index in [2.05, 4.69) is 17.2 Å². The van der Waals surface area contributed by atoms with Gasteiger partial charge in [0.05, 0.1) is 5.03 Å². The molecule has 0 atom stereocenters. The first kappa shape index (κ1) is 14.4. The zero-order chi connectivity index (χ0) is 13.5. The Balaban J connectivity index is 1.79. The largest absolute Gasteiger partial charge is 0.352 e. The van der Waals surface area contributed by atoms with Gasteiger partial charge in [0.15, 0.2) is 0 Å². The van der Waals surface area contributed by atoms with Crippen molar-refractivity contribution >= 4 is 17.7 Å². The third kappa shape index (κ3) is 4.53. The number of aromatic nitrogens is 1. The van der Waals surface area contributed by atoms with Gasteiger partial charge >= 0.3 is 0 Å². The molecule has 2 rings (SSSR count). The van der Waals surface area contributed by atoms with Gasteiger partial charge in [-0.15, -0.1) is 11.8 Å². The second-order valence-electron chi connectivity index (χ2n) is 5.01. The first-order valence-corrected chi connectivity index (χ1v) is 8.15. The summed E-state index contributed by atoms with van der Waals surface area (Å²) in [6.45, 7) is 2.88. The molecule has 3 nitrogen and oxygen atoms in total. The fraction of sp³-hybridized carbons (Fsp3) is 0.600. The predicted molar refractivity (Wildman–Crippen MR) is 79.5 cm³/mol. The zero-order valence-corrected chi connectivity index (χ0v) is 12.3. The van der Waals surface area contributed by atoms with Gasteiger partial charge in [-0.3, -0.25) is 4.79 Å². The molecule has 1 aromatic rings. The molecule has 1 aliphatic rings. The van der Waals surface area contributed by atoms with Crippen molar-refractivity contribution in [2.45, 2.75) is 44.1 Å². The van der Waals surface area contributed by atoms with Crippen molar-refractivity contribution in [2.75, 3.05) is 12.3 Å². The van der Waals surface area contributed by atoms with Gasteiger partial charge in [-0.05, 0) is 30.2 Å². The molecule has 1 N–H and O–H groups in total. The minimum atomic E-state index is 0.0263. The van der Waals surface area contributed by atoms with E-state index in [1.807, 2.05) is 6.07 Å². The van der Waals surface area contributed by atoms with Crippen LogP contribution in [0.15, 0.2) is 23.4 Å². The quantitative estimate of drug-likeness (QED) is 0.810. The van der Waals surface area contributed by atoms with E-state index >= 15 is 0 Å². The van der Waals surface area contributed by atoms with Crippen molar-refractivity contribution < 1.29 is 4.79 Å². The Morgan fingerprint density at radius 1 is 1.47 bits per heavy atom. The van der Waals surface area contributed by atoms with Crippen LogP contribution in [-0.4, -0.2) is 23.2 Å². The molecule has 0 aliphatic heterocycles. The fourth-order valence-electron chi connectivity index (χ4n) is 2.57. The van der Waals surface area contributed by atoms with Crippen LogP contribution in [0.25, 0.3) is 0 Å². The Morgan fingerprint density at radius 2 is 2.26 bits per heavy atom. The summed E-state index contributed by atoms with van der Waals surface area (Å²) in [5, 5.41) is 3.94. The van der Waals surface area contributed by atoms with Gasteiger partial charge in [0.1, 0.15) is 0 Å². The van der Waals surface area contributed by atoms with Crippen LogP contribution in [0.5, 0.6) is 0 Å². The Hall–Kier alpha value is -1.03. The van der Waals surface area contributed by atoms with Gasteiger partial charge in [-0.2, -0.15) is 0 Å². The minimum absolute atomic E-state index is 0.0263. The van der Waals surface area contributed by atoms with Crippen molar-refractivity contribution in [1.29, 1.82) is 0 Å². The van der Waals surface area contributed by atoms with Crippen LogP contribution in [0.3, 0.4) is 0 Å². The lowest BCUT2D eigenvalue weighted by atomic mass is 10.0. The normalized spacial score (nSPS) is 15.6. The number of nitrogens with one attached hydrogen (secondary N) is 1. The van der Waals surface area contributed by atoms with Gasteiger partial charge in [-0.1, -0.05) is 32.6 Å². The topological polar surface area (TPSA) is 42.0 Å². The molecule has 0 unspecified atom stereocenters. The molecule has 19 heavy (non-hydrogen) atoms. The van der Waals surface area contributed by atoms with Crippen molar-refractivity contribution in [2.24, 2.45) is 5.92 Å². The van der Waals surface area contributed by atoms with Crippen molar-refractivity contribution in [3.63, 3.8) is 0 Å². The Kier molecular flexibility index (Phi) is 5.70. The highest BCUT2D eigenvalue weighted by Crippen LogP contribution is 2.26. The average molecular weight is 278 g/mol. The maximum Gasteiger partial charge on any atom is 0.251 e. The van der Waals surface area contributed by atoms with Crippen LogP contribution >= 0.6 is 11.8 Å². The molecule has 0 radical (unpaired) electrons. The third-order valence-corrected chi connectivity index (χ3v) is 4.41. The number of rotatable bonds is 6. The van der Waals surface area contributed by atoms with E-state index in [0.717, 1.165) is 35.2 Å². The highest BCUT2D eigenvalue weighted by molar-refractivity contribution is 7.99. The first-order valence-electron chi connectivity index (χ1n) is 7.16. The molecule has 1 heterocycles. The monoisotopic (exact) mass is 278 g/mol. The molecule has 0 bridgehead atoms. The lowest BCUT2D eigenvalue weighted by Crippen LogP contribution is -2.25. The molecule has 1 aromatic heterocycles. The Bertz CT molecular complexity index is 416. The molecule has 1 fully saturated rings. The van der Waals surface area contributed by atoms with Crippen molar-refractivity contribution in [3.8, 4) is 0 Å². The van der Waals surface area contributed by atoms with E-state index in [0.29, 0.717) is 0 Å². The summed E-state index contributed by atoms with van der Waals surface area (Å²) in [5.74, 6) is 1.82. The van der Waals surface area contributed by atoms with Crippen molar-refractivity contribution in [1.82, 2.24) is 10.3 Å². The first-order chi connectivity index (χ1) is 9.29.